The number of carbonyl (C=O) groups is 1. The van der Waals surface area contributed by atoms with Crippen molar-refractivity contribution in [3.8, 4) is 11.5 Å². The summed E-state index contributed by atoms with van der Waals surface area (Å²) in [6.45, 7) is 7.43. The molecule has 2 aromatic rings. The van der Waals surface area contributed by atoms with E-state index in [1.807, 2.05) is 62.4 Å². The highest BCUT2D eigenvalue weighted by molar-refractivity contribution is 5.86. The van der Waals surface area contributed by atoms with Gasteiger partial charge in [0, 0.05) is 25.2 Å². The summed E-state index contributed by atoms with van der Waals surface area (Å²) in [5.41, 5.74) is 2.58. The minimum absolute atomic E-state index is 0.423. The average molecular weight is 364 g/mol. The fourth-order valence-electron chi connectivity index (χ4n) is 2.94. The SMILES string of the molecule is CCNc1ccccc1OC(=O)/C=C(C)/C=C1/Oc2ccccc2N1CC. The Labute approximate surface area is 159 Å². The average Bonchev–Trinajstić information content (AvgIpc) is 3.00. The van der Waals surface area contributed by atoms with Gasteiger partial charge in [-0.15, -0.1) is 0 Å². The van der Waals surface area contributed by atoms with E-state index in [4.69, 9.17) is 9.47 Å². The third-order valence-corrected chi connectivity index (χ3v) is 4.11. The van der Waals surface area contributed by atoms with E-state index in [0.717, 1.165) is 35.8 Å². The topological polar surface area (TPSA) is 50.8 Å². The Morgan fingerprint density at radius 2 is 1.89 bits per heavy atom. The van der Waals surface area contributed by atoms with Gasteiger partial charge in [0.1, 0.15) is 0 Å². The van der Waals surface area contributed by atoms with E-state index in [1.54, 1.807) is 6.07 Å². The number of benzene rings is 2. The normalized spacial score (nSPS) is 14.7. The number of fused-ring (bicyclic) bond motifs is 1. The summed E-state index contributed by atoms with van der Waals surface area (Å²) in [7, 11) is 0. The number of hydrogen-bond acceptors (Lipinski definition) is 5. The Balaban J connectivity index is 1.74. The molecule has 3 rings (SSSR count). The molecule has 0 saturated carbocycles. The van der Waals surface area contributed by atoms with Crippen molar-refractivity contribution in [2.24, 2.45) is 0 Å². The van der Waals surface area contributed by atoms with Crippen LogP contribution < -0.4 is 19.7 Å². The molecule has 0 unspecified atom stereocenters. The number of esters is 1. The van der Waals surface area contributed by atoms with E-state index in [0.29, 0.717) is 11.6 Å². The molecule has 1 aliphatic heterocycles. The zero-order valence-corrected chi connectivity index (χ0v) is 15.9. The van der Waals surface area contributed by atoms with Crippen LogP contribution in [0.15, 0.2) is 72.1 Å². The highest BCUT2D eigenvalue weighted by Crippen LogP contribution is 2.38. The standard InChI is InChI=1S/C22H24N2O3/c1-4-23-17-10-6-8-12-19(17)27-22(25)15-16(3)14-21-24(5-2)18-11-7-9-13-20(18)26-21/h6-15,23H,4-5H2,1-3H3/b16-15+,21-14+. The summed E-state index contributed by atoms with van der Waals surface area (Å²) >= 11 is 0. The first kappa shape index (κ1) is 18.6. The van der Waals surface area contributed by atoms with E-state index in [-0.39, 0.29) is 0 Å². The molecule has 1 heterocycles. The lowest BCUT2D eigenvalue weighted by Gasteiger charge is -2.15. The summed E-state index contributed by atoms with van der Waals surface area (Å²) in [6.07, 6.45) is 3.32. The molecule has 1 N–H and O–H groups in total. The molecule has 5 heteroatoms. The number of nitrogens with one attached hydrogen (secondary N) is 1. The van der Waals surface area contributed by atoms with Gasteiger partial charge < -0.3 is 19.7 Å². The Morgan fingerprint density at radius 3 is 2.67 bits per heavy atom. The molecule has 2 aromatic carbocycles. The number of allylic oxidation sites excluding steroid dienone is 2. The largest absolute Gasteiger partial charge is 0.439 e. The van der Waals surface area contributed by atoms with Crippen molar-refractivity contribution >= 4 is 17.3 Å². The van der Waals surface area contributed by atoms with Crippen LogP contribution in [-0.4, -0.2) is 19.1 Å². The van der Waals surface area contributed by atoms with E-state index in [9.17, 15) is 4.79 Å². The van der Waals surface area contributed by atoms with E-state index >= 15 is 0 Å². The predicted octanol–water partition coefficient (Wildman–Crippen LogP) is 4.73. The van der Waals surface area contributed by atoms with Crippen LogP contribution in [0.2, 0.25) is 0 Å². The lowest BCUT2D eigenvalue weighted by Crippen LogP contribution is -2.19. The van der Waals surface area contributed by atoms with Crippen LogP contribution in [0.3, 0.4) is 0 Å². The summed E-state index contributed by atoms with van der Waals surface area (Å²) in [5, 5.41) is 3.18. The molecular formula is C22H24N2O3. The van der Waals surface area contributed by atoms with Crippen molar-refractivity contribution in [3.63, 3.8) is 0 Å². The van der Waals surface area contributed by atoms with Gasteiger partial charge in [0.15, 0.2) is 11.5 Å². The molecule has 5 nitrogen and oxygen atoms in total. The molecule has 0 saturated heterocycles. The molecule has 0 atom stereocenters. The highest BCUT2D eigenvalue weighted by atomic mass is 16.5. The number of hydrogen-bond donors (Lipinski definition) is 1. The second-order valence-corrected chi connectivity index (χ2v) is 6.13. The summed E-state index contributed by atoms with van der Waals surface area (Å²) in [6, 6.07) is 15.3. The molecule has 0 fully saturated rings. The van der Waals surface area contributed by atoms with Crippen LogP contribution in [0.1, 0.15) is 20.8 Å². The number of nitrogens with zero attached hydrogens (tertiary/aromatic N) is 1. The van der Waals surface area contributed by atoms with Gasteiger partial charge in [-0.2, -0.15) is 0 Å². The first-order valence-electron chi connectivity index (χ1n) is 9.11. The second-order valence-electron chi connectivity index (χ2n) is 6.13. The van der Waals surface area contributed by atoms with E-state index in [1.165, 1.54) is 6.08 Å². The van der Waals surface area contributed by atoms with Gasteiger partial charge >= 0.3 is 5.97 Å². The summed E-state index contributed by atoms with van der Waals surface area (Å²) < 4.78 is 11.4. The van der Waals surface area contributed by atoms with Gasteiger partial charge in [-0.1, -0.05) is 24.3 Å². The van der Waals surface area contributed by atoms with Crippen molar-refractivity contribution in [3.05, 3.63) is 72.1 Å². The quantitative estimate of drug-likeness (QED) is 0.456. The first-order chi connectivity index (χ1) is 13.1. The number of carbonyl (C=O) groups excluding carboxylic acids is 1. The lowest BCUT2D eigenvalue weighted by molar-refractivity contribution is -0.128. The molecule has 140 valence electrons. The zero-order valence-electron chi connectivity index (χ0n) is 15.9. The minimum Gasteiger partial charge on any atom is -0.439 e. The number of ether oxygens (including phenoxy) is 2. The van der Waals surface area contributed by atoms with Crippen molar-refractivity contribution in [2.45, 2.75) is 20.8 Å². The molecule has 0 bridgehead atoms. The summed E-state index contributed by atoms with van der Waals surface area (Å²) in [4.78, 5) is 14.4. The second kappa shape index (κ2) is 8.45. The highest BCUT2D eigenvalue weighted by Gasteiger charge is 2.24. The van der Waals surface area contributed by atoms with Crippen LogP contribution in [0.5, 0.6) is 11.5 Å². The van der Waals surface area contributed by atoms with Crippen LogP contribution in [0, 0.1) is 0 Å². The number of rotatable bonds is 6. The van der Waals surface area contributed by atoms with Crippen molar-refractivity contribution < 1.29 is 14.3 Å². The molecule has 0 amide bonds. The third kappa shape index (κ3) is 4.31. The smallest absolute Gasteiger partial charge is 0.336 e. The van der Waals surface area contributed by atoms with Gasteiger partial charge in [0.25, 0.3) is 0 Å². The van der Waals surface area contributed by atoms with Crippen LogP contribution in [0.25, 0.3) is 0 Å². The summed E-state index contributed by atoms with van der Waals surface area (Å²) in [5.74, 6) is 1.61. The molecule has 1 aliphatic rings. The lowest BCUT2D eigenvalue weighted by atomic mass is 10.2. The fraction of sp³-hybridized carbons (Fsp3) is 0.227. The van der Waals surface area contributed by atoms with Crippen LogP contribution in [-0.2, 0) is 4.79 Å². The van der Waals surface area contributed by atoms with Crippen molar-refractivity contribution in [1.82, 2.24) is 0 Å². The van der Waals surface area contributed by atoms with E-state index in [2.05, 4.69) is 17.1 Å². The Morgan fingerprint density at radius 1 is 1.15 bits per heavy atom. The molecule has 0 spiro atoms. The van der Waals surface area contributed by atoms with Gasteiger partial charge in [-0.05, 0) is 50.6 Å². The Hall–Kier alpha value is -3.21. The molecule has 0 aliphatic carbocycles. The zero-order chi connectivity index (χ0) is 19.2. The molecular weight excluding hydrogens is 340 g/mol. The maximum absolute atomic E-state index is 12.3. The fourth-order valence-corrected chi connectivity index (χ4v) is 2.94. The van der Waals surface area contributed by atoms with Gasteiger partial charge in [0.05, 0.1) is 11.4 Å². The van der Waals surface area contributed by atoms with Crippen LogP contribution >= 0.6 is 0 Å². The van der Waals surface area contributed by atoms with Crippen molar-refractivity contribution in [1.29, 1.82) is 0 Å². The Kier molecular flexibility index (Phi) is 5.81. The number of para-hydroxylation sites is 4. The molecule has 0 aromatic heterocycles. The number of anilines is 2. The maximum Gasteiger partial charge on any atom is 0.336 e. The van der Waals surface area contributed by atoms with Gasteiger partial charge in [0.2, 0.25) is 5.88 Å². The van der Waals surface area contributed by atoms with Crippen molar-refractivity contribution in [2.75, 3.05) is 23.3 Å². The third-order valence-electron chi connectivity index (χ3n) is 4.11. The minimum atomic E-state index is -0.423. The predicted molar refractivity (Wildman–Crippen MR) is 108 cm³/mol. The van der Waals surface area contributed by atoms with E-state index < -0.39 is 5.97 Å². The van der Waals surface area contributed by atoms with Gasteiger partial charge in [-0.3, -0.25) is 0 Å². The maximum atomic E-state index is 12.3. The molecule has 0 radical (unpaired) electrons. The van der Waals surface area contributed by atoms with Gasteiger partial charge in [-0.25, -0.2) is 4.79 Å². The van der Waals surface area contributed by atoms with Crippen LogP contribution in [0.4, 0.5) is 11.4 Å². The Bertz CT molecular complexity index is 887. The monoisotopic (exact) mass is 364 g/mol. The first-order valence-corrected chi connectivity index (χ1v) is 9.11. The molecule has 27 heavy (non-hydrogen) atoms.